The first-order valence-corrected chi connectivity index (χ1v) is 9.29. The van der Waals surface area contributed by atoms with Gasteiger partial charge in [0.25, 0.3) is 5.91 Å². The zero-order valence-electron chi connectivity index (χ0n) is 15.7. The molecular formula is C22H24N2O3. The highest BCUT2D eigenvalue weighted by Crippen LogP contribution is 2.35. The molecule has 3 aromatic rings. The van der Waals surface area contributed by atoms with Gasteiger partial charge in [-0.25, -0.2) is 0 Å². The van der Waals surface area contributed by atoms with Gasteiger partial charge in [-0.1, -0.05) is 24.3 Å². The molecule has 1 aliphatic heterocycles. The molecule has 0 spiro atoms. The number of likely N-dealkylation sites (tertiary alicyclic amines) is 1. The van der Waals surface area contributed by atoms with Crippen molar-refractivity contribution >= 4 is 16.8 Å². The van der Waals surface area contributed by atoms with E-state index in [1.54, 1.807) is 26.4 Å². The zero-order chi connectivity index (χ0) is 18.8. The lowest BCUT2D eigenvalue weighted by atomic mass is 9.89. The smallest absolute Gasteiger partial charge is 0.261 e. The summed E-state index contributed by atoms with van der Waals surface area (Å²) in [5, 5.41) is 1.29. The summed E-state index contributed by atoms with van der Waals surface area (Å²) in [5.74, 6) is 1.54. The molecule has 0 atom stereocenters. The molecule has 2 heterocycles. The summed E-state index contributed by atoms with van der Waals surface area (Å²) in [4.78, 5) is 18.4. The van der Waals surface area contributed by atoms with Crippen LogP contribution in [0, 0.1) is 0 Å². The van der Waals surface area contributed by atoms with Crippen molar-refractivity contribution in [2.24, 2.45) is 0 Å². The number of nitrogens with one attached hydrogen (secondary N) is 1. The maximum atomic E-state index is 13.1. The molecule has 0 unspecified atom stereocenters. The number of aromatic amines is 1. The summed E-state index contributed by atoms with van der Waals surface area (Å²) in [6, 6.07) is 13.8. The first-order chi connectivity index (χ1) is 13.2. The molecule has 0 radical (unpaired) electrons. The molecule has 140 valence electrons. The molecule has 5 nitrogen and oxygen atoms in total. The fourth-order valence-electron chi connectivity index (χ4n) is 4.05. The summed E-state index contributed by atoms with van der Waals surface area (Å²) < 4.78 is 10.8. The van der Waals surface area contributed by atoms with Gasteiger partial charge in [0.1, 0.15) is 17.1 Å². The molecule has 2 aromatic carbocycles. The van der Waals surface area contributed by atoms with Gasteiger partial charge >= 0.3 is 0 Å². The lowest BCUT2D eigenvalue weighted by Crippen LogP contribution is -2.38. The van der Waals surface area contributed by atoms with E-state index >= 15 is 0 Å². The lowest BCUT2D eigenvalue weighted by molar-refractivity contribution is 0.0706. The van der Waals surface area contributed by atoms with Gasteiger partial charge in [0.05, 0.1) is 14.2 Å². The molecule has 5 heteroatoms. The van der Waals surface area contributed by atoms with Gasteiger partial charge < -0.3 is 19.4 Å². The van der Waals surface area contributed by atoms with E-state index in [0.717, 1.165) is 25.9 Å². The van der Waals surface area contributed by atoms with Crippen molar-refractivity contribution in [1.29, 1.82) is 0 Å². The first-order valence-electron chi connectivity index (χ1n) is 9.29. The van der Waals surface area contributed by atoms with Gasteiger partial charge in [-0.2, -0.15) is 0 Å². The number of para-hydroxylation sites is 1. The fourth-order valence-corrected chi connectivity index (χ4v) is 4.05. The maximum Gasteiger partial charge on any atom is 0.261 e. The normalized spacial score (nSPS) is 15.1. The van der Waals surface area contributed by atoms with Crippen LogP contribution in [-0.4, -0.2) is 43.1 Å². The number of rotatable bonds is 4. The number of amides is 1. The number of piperidine rings is 1. The molecule has 0 aliphatic carbocycles. The van der Waals surface area contributed by atoms with Crippen molar-refractivity contribution < 1.29 is 14.3 Å². The minimum atomic E-state index is -0.0262. The summed E-state index contributed by atoms with van der Waals surface area (Å²) in [7, 11) is 3.16. The Hall–Kier alpha value is -2.95. The Balaban J connectivity index is 1.52. The predicted octanol–water partition coefficient (Wildman–Crippen LogP) is 4.20. The van der Waals surface area contributed by atoms with E-state index in [2.05, 4.69) is 29.4 Å². The number of carbonyl (C=O) groups is 1. The number of hydrogen-bond acceptors (Lipinski definition) is 3. The molecule has 1 fully saturated rings. The molecule has 1 aliphatic rings. The number of methoxy groups -OCH3 is 2. The average molecular weight is 364 g/mol. The SMILES string of the molecule is COc1cccc(OC)c1C(=O)N1CCC(c2c[nH]c3ccccc23)CC1. The second-order valence-electron chi connectivity index (χ2n) is 6.89. The highest BCUT2D eigenvalue weighted by Gasteiger charge is 2.29. The van der Waals surface area contributed by atoms with Crippen molar-refractivity contribution in [3.05, 3.63) is 59.8 Å². The molecule has 0 bridgehead atoms. The van der Waals surface area contributed by atoms with Crippen LogP contribution in [0.1, 0.15) is 34.7 Å². The van der Waals surface area contributed by atoms with Gasteiger partial charge in [-0.05, 0) is 42.5 Å². The minimum absolute atomic E-state index is 0.0262. The summed E-state index contributed by atoms with van der Waals surface area (Å²) >= 11 is 0. The number of nitrogens with zero attached hydrogens (tertiary/aromatic N) is 1. The molecular weight excluding hydrogens is 340 g/mol. The van der Waals surface area contributed by atoms with Gasteiger partial charge in [-0.3, -0.25) is 4.79 Å². The molecule has 1 saturated heterocycles. The van der Waals surface area contributed by atoms with Crippen LogP contribution < -0.4 is 9.47 Å². The van der Waals surface area contributed by atoms with Gasteiger partial charge in [0.15, 0.2) is 0 Å². The largest absolute Gasteiger partial charge is 0.496 e. The number of fused-ring (bicyclic) bond motifs is 1. The standard InChI is InChI=1S/C22H24N2O3/c1-26-19-8-5-9-20(27-2)21(19)22(25)24-12-10-15(11-13-24)17-14-23-18-7-4-3-6-16(17)18/h3-9,14-15,23H,10-13H2,1-2H3. The average Bonchev–Trinajstić information content (AvgIpc) is 3.17. The topological polar surface area (TPSA) is 54.6 Å². The summed E-state index contributed by atoms with van der Waals surface area (Å²) in [6.45, 7) is 1.45. The highest BCUT2D eigenvalue weighted by atomic mass is 16.5. The van der Waals surface area contributed by atoms with Crippen LogP contribution in [0.5, 0.6) is 11.5 Å². The minimum Gasteiger partial charge on any atom is -0.496 e. The highest BCUT2D eigenvalue weighted by molar-refractivity contribution is 5.99. The Labute approximate surface area is 158 Å². The van der Waals surface area contributed by atoms with Crippen LogP contribution in [0.15, 0.2) is 48.7 Å². The van der Waals surface area contributed by atoms with Crippen LogP contribution in [0.3, 0.4) is 0 Å². The Bertz CT molecular complexity index is 933. The fraction of sp³-hybridized carbons (Fsp3) is 0.318. The van der Waals surface area contributed by atoms with Gasteiger partial charge in [0, 0.05) is 30.2 Å². The Morgan fingerprint density at radius 1 is 1.00 bits per heavy atom. The number of carbonyl (C=O) groups excluding carboxylic acids is 1. The third kappa shape index (κ3) is 3.14. The molecule has 1 amide bonds. The summed E-state index contributed by atoms with van der Waals surface area (Å²) in [6.07, 6.45) is 4.02. The van der Waals surface area contributed by atoms with Crippen LogP contribution in [0.25, 0.3) is 10.9 Å². The van der Waals surface area contributed by atoms with Crippen molar-refractivity contribution in [3.63, 3.8) is 0 Å². The van der Waals surface area contributed by atoms with E-state index < -0.39 is 0 Å². The third-order valence-corrected chi connectivity index (χ3v) is 5.48. The Morgan fingerprint density at radius 2 is 1.67 bits per heavy atom. The van der Waals surface area contributed by atoms with E-state index in [1.165, 1.54) is 16.5 Å². The second-order valence-corrected chi connectivity index (χ2v) is 6.89. The lowest BCUT2D eigenvalue weighted by Gasteiger charge is -2.32. The van der Waals surface area contributed by atoms with E-state index in [-0.39, 0.29) is 5.91 Å². The van der Waals surface area contributed by atoms with E-state index in [0.29, 0.717) is 23.0 Å². The zero-order valence-corrected chi connectivity index (χ0v) is 15.7. The molecule has 27 heavy (non-hydrogen) atoms. The predicted molar refractivity (Wildman–Crippen MR) is 106 cm³/mol. The Morgan fingerprint density at radius 3 is 2.33 bits per heavy atom. The number of H-pyrrole nitrogens is 1. The summed E-state index contributed by atoms with van der Waals surface area (Å²) in [5.41, 5.74) is 3.03. The number of aromatic nitrogens is 1. The van der Waals surface area contributed by atoms with E-state index in [9.17, 15) is 4.79 Å². The van der Waals surface area contributed by atoms with Crippen LogP contribution in [-0.2, 0) is 0 Å². The van der Waals surface area contributed by atoms with Gasteiger partial charge in [0.2, 0.25) is 0 Å². The molecule has 1 aromatic heterocycles. The first kappa shape index (κ1) is 17.5. The maximum absolute atomic E-state index is 13.1. The number of ether oxygens (including phenoxy) is 2. The number of hydrogen-bond donors (Lipinski definition) is 1. The van der Waals surface area contributed by atoms with E-state index in [4.69, 9.17) is 9.47 Å². The van der Waals surface area contributed by atoms with Crippen molar-refractivity contribution in [2.75, 3.05) is 27.3 Å². The second kappa shape index (κ2) is 7.35. The quantitative estimate of drug-likeness (QED) is 0.755. The van der Waals surface area contributed by atoms with Gasteiger partial charge in [-0.15, -0.1) is 0 Å². The van der Waals surface area contributed by atoms with Crippen molar-refractivity contribution in [2.45, 2.75) is 18.8 Å². The van der Waals surface area contributed by atoms with Crippen molar-refractivity contribution in [1.82, 2.24) is 9.88 Å². The molecule has 4 rings (SSSR count). The van der Waals surface area contributed by atoms with Crippen molar-refractivity contribution in [3.8, 4) is 11.5 Å². The number of benzene rings is 2. The molecule has 0 saturated carbocycles. The van der Waals surface area contributed by atoms with Crippen LogP contribution >= 0.6 is 0 Å². The Kier molecular flexibility index (Phi) is 4.75. The van der Waals surface area contributed by atoms with Crippen LogP contribution in [0.2, 0.25) is 0 Å². The van der Waals surface area contributed by atoms with Crippen LogP contribution in [0.4, 0.5) is 0 Å². The van der Waals surface area contributed by atoms with E-state index in [1.807, 2.05) is 17.0 Å². The third-order valence-electron chi connectivity index (χ3n) is 5.48. The molecule has 1 N–H and O–H groups in total. The monoisotopic (exact) mass is 364 g/mol.